The van der Waals surface area contributed by atoms with Crippen LogP contribution < -0.4 is 10.1 Å². The second-order valence-electron chi connectivity index (χ2n) is 6.46. The van der Waals surface area contributed by atoms with Crippen molar-refractivity contribution in [2.45, 2.75) is 13.5 Å². The molecule has 0 heterocycles. The maximum atomic E-state index is 12.3. The molecule has 3 aromatic rings. The summed E-state index contributed by atoms with van der Waals surface area (Å²) in [5, 5.41) is 12.1. The van der Waals surface area contributed by atoms with E-state index < -0.39 is 5.91 Å². The van der Waals surface area contributed by atoms with Gasteiger partial charge in [-0.3, -0.25) is 4.79 Å². The number of nitrogens with zero attached hydrogens (tertiary/aromatic N) is 1. The highest BCUT2D eigenvalue weighted by Crippen LogP contribution is 2.28. The fourth-order valence-corrected chi connectivity index (χ4v) is 3.23. The van der Waals surface area contributed by atoms with Crippen molar-refractivity contribution < 1.29 is 9.53 Å². The monoisotopic (exact) mass is 446 g/mol. The fraction of sp³-hybridized carbons (Fsp3) is 0.0833. The van der Waals surface area contributed by atoms with Gasteiger partial charge < -0.3 is 10.1 Å². The van der Waals surface area contributed by atoms with E-state index in [-0.39, 0.29) is 5.57 Å². The predicted octanol–water partition coefficient (Wildman–Crippen LogP) is 5.88. The highest BCUT2D eigenvalue weighted by Gasteiger charge is 2.10. The van der Waals surface area contributed by atoms with Gasteiger partial charge >= 0.3 is 0 Å². The number of ether oxygens (including phenoxy) is 1. The number of nitriles is 1. The van der Waals surface area contributed by atoms with Gasteiger partial charge in [-0.15, -0.1) is 0 Å². The van der Waals surface area contributed by atoms with Crippen LogP contribution in [0.5, 0.6) is 5.75 Å². The Morgan fingerprint density at radius 1 is 1.10 bits per heavy atom. The van der Waals surface area contributed by atoms with Crippen LogP contribution in [0.3, 0.4) is 0 Å². The number of benzene rings is 3. The third-order valence-electron chi connectivity index (χ3n) is 4.14. The molecular formula is C24H19BrN2O2. The molecule has 0 saturated heterocycles. The van der Waals surface area contributed by atoms with Gasteiger partial charge in [0.15, 0.2) is 0 Å². The topological polar surface area (TPSA) is 62.1 Å². The Hall–Kier alpha value is -3.36. The number of hydrogen-bond acceptors (Lipinski definition) is 3. The van der Waals surface area contributed by atoms with Gasteiger partial charge in [-0.2, -0.15) is 5.26 Å². The quantitative estimate of drug-likeness (QED) is 0.379. The molecule has 0 aliphatic heterocycles. The van der Waals surface area contributed by atoms with Crippen LogP contribution in [0.2, 0.25) is 0 Å². The SMILES string of the molecule is Cc1cccc(COc2ccc(/C=C(/C#N)C(=O)Nc3ccccc3)cc2Br)c1. The van der Waals surface area contributed by atoms with E-state index in [4.69, 9.17) is 4.74 Å². The second kappa shape index (κ2) is 9.72. The van der Waals surface area contributed by atoms with Crippen molar-refractivity contribution in [3.8, 4) is 11.8 Å². The lowest BCUT2D eigenvalue weighted by Gasteiger charge is -2.10. The highest BCUT2D eigenvalue weighted by molar-refractivity contribution is 9.10. The van der Waals surface area contributed by atoms with E-state index in [1.807, 2.05) is 67.6 Å². The minimum absolute atomic E-state index is 0.0224. The van der Waals surface area contributed by atoms with Crippen molar-refractivity contribution in [1.29, 1.82) is 5.26 Å². The standard InChI is InChI=1S/C24H19BrN2O2/c1-17-6-5-7-19(12-17)16-29-23-11-10-18(14-22(23)25)13-20(15-26)24(28)27-21-8-3-2-4-9-21/h2-14H,16H2,1H3,(H,27,28)/b20-13-. The average molecular weight is 447 g/mol. The van der Waals surface area contributed by atoms with Crippen LogP contribution in [0.15, 0.2) is 82.8 Å². The van der Waals surface area contributed by atoms with E-state index in [1.54, 1.807) is 18.2 Å². The van der Waals surface area contributed by atoms with Gasteiger partial charge in [0.2, 0.25) is 0 Å². The number of rotatable bonds is 6. The van der Waals surface area contributed by atoms with Crippen LogP contribution in [-0.2, 0) is 11.4 Å². The molecule has 0 bridgehead atoms. The average Bonchev–Trinajstić information content (AvgIpc) is 2.72. The van der Waals surface area contributed by atoms with E-state index >= 15 is 0 Å². The van der Waals surface area contributed by atoms with Crippen molar-refractivity contribution >= 4 is 33.6 Å². The lowest BCUT2D eigenvalue weighted by atomic mass is 10.1. The molecule has 0 saturated carbocycles. The van der Waals surface area contributed by atoms with Gasteiger partial charge in [0.05, 0.1) is 4.47 Å². The van der Waals surface area contributed by atoms with E-state index in [0.29, 0.717) is 18.0 Å². The number of halogens is 1. The number of amides is 1. The summed E-state index contributed by atoms with van der Waals surface area (Å²) in [7, 11) is 0. The molecule has 0 atom stereocenters. The fourth-order valence-electron chi connectivity index (χ4n) is 2.72. The third kappa shape index (κ3) is 5.81. The molecule has 4 nitrogen and oxygen atoms in total. The lowest BCUT2D eigenvalue weighted by molar-refractivity contribution is -0.112. The van der Waals surface area contributed by atoms with E-state index in [2.05, 4.69) is 27.3 Å². The van der Waals surface area contributed by atoms with E-state index in [0.717, 1.165) is 15.6 Å². The molecule has 0 spiro atoms. The van der Waals surface area contributed by atoms with Crippen molar-refractivity contribution in [3.05, 3.63) is 99.5 Å². The molecule has 3 aromatic carbocycles. The number of aryl methyl sites for hydroxylation is 1. The molecule has 0 aliphatic rings. The Morgan fingerprint density at radius 3 is 2.59 bits per heavy atom. The number of anilines is 1. The van der Waals surface area contributed by atoms with Crippen LogP contribution in [0.4, 0.5) is 5.69 Å². The summed E-state index contributed by atoms with van der Waals surface area (Å²) in [6.45, 7) is 2.50. The van der Waals surface area contributed by atoms with Gasteiger partial charge in [0.25, 0.3) is 5.91 Å². The van der Waals surface area contributed by atoms with Crippen molar-refractivity contribution in [3.63, 3.8) is 0 Å². The maximum Gasteiger partial charge on any atom is 0.266 e. The Bertz CT molecular complexity index is 1090. The summed E-state index contributed by atoms with van der Waals surface area (Å²) in [6, 6.07) is 24.6. The Labute approximate surface area is 178 Å². The first-order valence-electron chi connectivity index (χ1n) is 9.01. The number of nitrogens with one attached hydrogen (secondary N) is 1. The molecule has 0 aliphatic carbocycles. The van der Waals surface area contributed by atoms with Crippen LogP contribution in [0.1, 0.15) is 16.7 Å². The summed E-state index contributed by atoms with van der Waals surface area (Å²) >= 11 is 3.50. The molecular weight excluding hydrogens is 428 g/mol. The molecule has 29 heavy (non-hydrogen) atoms. The predicted molar refractivity (Wildman–Crippen MR) is 118 cm³/mol. The number of carbonyl (C=O) groups excluding carboxylic acids is 1. The van der Waals surface area contributed by atoms with Crippen molar-refractivity contribution in [2.75, 3.05) is 5.32 Å². The van der Waals surface area contributed by atoms with Crippen LogP contribution >= 0.6 is 15.9 Å². The molecule has 1 N–H and O–H groups in total. The van der Waals surface area contributed by atoms with Gasteiger partial charge in [-0.25, -0.2) is 0 Å². The van der Waals surface area contributed by atoms with Gasteiger partial charge in [-0.1, -0.05) is 54.1 Å². The number of carbonyl (C=O) groups is 1. The molecule has 0 aromatic heterocycles. The third-order valence-corrected chi connectivity index (χ3v) is 4.76. The largest absolute Gasteiger partial charge is 0.488 e. The Kier molecular flexibility index (Phi) is 6.83. The molecule has 0 unspecified atom stereocenters. The smallest absolute Gasteiger partial charge is 0.266 e. The van der Waals surface area contributed by atoms with Gasteiger partial charge in [-0.05, 0) is 64.3 Å². The van der Waals surface area contributed by atoms with Crippen molar-refractivity contribution in [2.24, 2.45) is 0 Å². The molecule has 0 radical (unpaired) electrons. The van der Waals surface area contributed by atoms with Crippen LogP contribution in [0.25, 0.3) is 6.08 Å². The molecule has 5 heteroatoms. The Morgan fingerprint density at radius 2 is 1.90 bits per heavy atom. The van der Waals surface area contributed by atoms with E-state index in [9.17, 15) is 10.1 Å². The first-order valence-corrected chi connectivity index (χ1v) is 9.80. The van der Waals surface area contributed by atoms with Gasteiger partial charge in [0.1, 0.15) is 24.0 Å². The molecule has 144 valence electrons. The zero-order valence-electron chi connectivity index (χ0n) is 15.9. The molecule has 0 fully saturated rings. The summed E-state index contributed by atoms with van der Waals surface area (Å²) in [5.74, 6) is 0.241. The van der Waals surface area contributed by atoms with Crippen molar-refractivity contribution in [1.82, 2.24) is 0 Å². The Balaban J connectivity index is 1.71. The molecule has 1 amide bonds. The second-order valence-corrected chi connectivity index (χ2v) is 7.31. The maximum absolute atomic E-state index is 12.3. The summed E-state index contributed by atoms with van der Waals surface area (Å²) < 4.78 is 6.63. The lowest BCUT2D eigenvalue weighted by Crippen LogP contribution is -2.13. The zero-order chi connectivity index (χ0) is 20.6. The molecule has 3 rings (SSSR count). The highest BCUT2D eigenvalue weighted by atomic mass is 79.9. The number of para-hydroxylation sites is 1. The van der Waals surface area contributed by atoms with Gasteiger partial charge in [0, 0.05) is 5.69 Å². The van der Waals surface area contributed by atoms with Crippen LogP contribution in [0, 0.1) is 18.3 Å². The first-order chi connectivity index (χ1) is 14.0. The van der Waals surface area contributed by atoms with Crippen LogP contribution in [-0.4, -0.2) is 5.91 Å². The van der Waals surface area contributed by atoms with E-state index in [1.165, 1.54) is 5.56 Å². The summed E-state index contributed by atoms with van der Waals surface area (Å²) in [6.07, 6.45) is 1.55. The minimum Gasteiger partial charge on any atom is -0.488 e. The first kappa shape index (κ1) is 20.4. The summed E-state index contributed by atoms with van der Waals surface area (Å²) in [4.78, 5) is 12.3. The zero-order valence-corrected chi connectivity index (χ0v) is 17.4. The normalized spacial score (nSPS) is 10.9. The summed E-state index contributed by atoms with van der Waals surface area (Å²) in [5.41, 5.74) is 3.65. The minimum atomic E-state index is -0.449. The number of hydrogen-bond donors (Lipinski definition) is 1.